The SMILES string of the molecule is NC(=O)c1ccc(S)cc1N. The van der Waals surface area contributed by atoms with E-state index >= 15 is 0 Å². The summed E-state index contributed by atoms with van der Waals surface area (Å²) in [6.45, 7) is 0. The number of amides is 1. The Morgan fingerprint density at radius 3 is 2.55 bits per heavy atom. The van der Waals surface area contributed by atoms with Gasteiger partial charge < -0.3 is 11.5 Å². The van der Waals surface area contributed by atoms with Crippen LogP contribution >= 0.6 is 12.6 Å². The summed E-state index contributed by atoms with van der Waals surface area (Å²) in [4.78, 5) is 11.4. The van der Waals surface area contributed by atoms with Gasteiger partial charge in [-0.2, -0.15) is 0 Å². The van der Waals surface area contributed by atoms with Gasteiger partial charge in [-0.3, -0.25) is 4.79 Å². The lowest BCUT2D eigenvalue weighted by Crippen LogP contribution is -2.13. The molecule has 0 radical (unpaired) electrons. The van der Waals surface area contributed by atoms with Crippen LogP contribution in [0.15, 0.2) is 23.1 Å². The van der Waals surface area contributed by atoms with Crippen molar-refractivity contribution in [3.05, 3.63) is 23.8 Å². The molecule has 0 saturated heterocycles. The van der Waals surface area contributed by atoms with Crippen molar-refractivity contribution in [2.75, 3.05) is 5.73 Å². The number of hydrogen-bond donors (Lipinski definition) is 3. The van der Waals surface area contributed by atoms with E-state index in [4.69, 9.17) is 11.5 Å². The van der Waals surface area contributed by atoms with E-state index in [-0.39, 0.29) is 0 Å². The zero-order valence-electron chi connectivity index (χ0n) is 5.74. The molecule has 0 unspecified atom stereocenters. The molecule has 0 spiro atoms. The highest BCUT2D eigenvalue weighted by Crippen LogP contribution is 2.15. The molecule has 1 amide bonds. The van der Waals surface area contributed by atoms with E-state index in [1.807, 2.05) is 0 Å². The molecular formula is C7H8N2OS. The van der Waals surface area contributed by atoms with Crippen molar-refractivity contribution < 1.29 is 4.79 Å². The normalized spacial score (nSPS) is 9.55. The first-order chi connectivity index (χ1) is 5.11. The summed E-state index contributed by atoms with van der Waals surface area (Å²) >= 11 is 4.04. The van der Waals surface area contributed by atoms with E-state index in [2.05, 4.69) is 12.6 Å². The van der Waals surface area contributed by atoms with E-state index in [0.717, 1.165) is 0 Å². The fourth-order valence-corrected chi connectivity index (χ4v) is 0.988. The zero-order chi connectivity index (χ0) is 8.43. The first-order valence-electron chi connectivity index (χ1n) is 2.99. The Balaban J connectivity index is 3.20. The molecular weight excluding hydrogens is 160 g/mol. The molecule has 1 rings (SSSR count). The topological polar surface area (TPSA) is 69.1 Å². The summed E-state index contributed by atoms with van der Waals surface area (Å²) in [5.74, 6) is -0.518. The van der Waals surface area contributed by atoms with Crippen LogP contribution in [0, 0.1) is 0 Å². The number of nitrogens with two attached hydrogens (primary N) is 2. The van der Waals surface area contributed by atoms with Crippen LogP contribution in [0.1, 0.15) is 10.4 Å². The molecule has 4 N–H and O–H groups in total. The third-order valence-corrected chi connectivity index (χ3v) is 1.58. The first kappa shape index (κ1) is 7.94. The molecule has 0 aliphatic carbocycles. The molecule has 0 fully saturated rings. The molecule has 11 heavy (non-hydrogen) atoms. The summed E-state index contributed by atoms with van der Waals surface area (Å²) in [6, 6.07) is 4.81. The number of carbonyl (C=O) groups is 1. The minimum atomic E-state index is -0.518. The largest absolute Gasteiger partial charge is 0.398 e. The van der Waals surface area contributed by atoms with Crippen molar-refractivity contribution in [1.29, 1.82) is 0 Å². The van der Waals surface area contributed by atoms with Crippen molar-refractivity contribution in [2.24, 2.45) is 5.73 Å². The highest BCUT2D eigenvalue weighted by Gasteiger charge is 2.03. The molecule has 0 saturated carbocycles. The average molecular weight is 168 g/mol. The Bertz CT molecular complexity index is 298. The number of carbonyl (C=O) groups excluding carboxylic acids is 1. The molecule has 0 aliphatic rings. The number of benzene rings is 1. The van der Waals surface area contributed by atoms with Gasteiger partial charge in [0.15, 0.2) is 0 Å². The molecule has 4 heteroatoms. The van der Waals surface area contributed by atoms with Crippen LogP contribution in [0.25, 0.3) is 0 Å². The molecule has 1 aromatic rings. The van der Waals surface area contributed by atoms with Gasteiger partial charge in [0, 0.05) is 10.6 Å². The first-order valence-corrected chi connectivity index (χ1v) is 3.44. The Hall–Kier alpha value is -1.16. The van der Waals surface area contributed by atoms with Crippen molar-refractivity contribution in [1.82, 2.24) is 0 Å². The highest BCUT2D eigenvalue weighted by atomic mass is 32.1. The minimum Gasteiger partial charge on any atom is -0.398 e. The third kappa shape index (κ3) is 1.65. The lowest BCUT2D eigenvalue weighted by Gasteiger charge is -2.00. The fraction of sp³-hybridized carbons (Fsp3) is 0. The van der Waals surface area contributed by atoms with Gasteiger partial charge in [-0.05, 0) is 18.2 Å². The van der Waals surface area contributed by atoms with Gasteiger partial charge in [0.2, 0.25) is 0 Å². The van der Waals surface area contributed by atoms with E-state index in [1.54, 1.807) is 18.2 Å². The monoisotopic (exact) mass is 168 g/mol. The third-order valence-electron chi connectivity index (χ3n) is 1.30. The Morgan fingerprint density at radius 1 is 1.45 bits per heavy atom. The molecule has 58 valence electrons. The molecule has 1 aromatic carbocycles. The number of anilines is 1. The van der Waals surface area contributed by atoms with Crippen molar-refractivity contribution in [2.45, 2.75) is 4.90 Å². The van der Waals surface area contributed by atoms with Crippen LogP contribution in [0.2, 0.25) is 0 Å². The van der Waals surface area contributed by atoms with Crippen LogP contribution in [0.3, 0.4) is 0 Å². The van der Waals surface area contributed by atoms with Gasteiger partial charge in [0.1, 0.15) is 0 Å². The van der Waals surface area contributed by atoms with Gasteiger partial charge in [0.05, 0.1) is 5.56 Å². The van der Waals surface area contributed by atoms with Gasteiger partial charge in [-0.1, -0.05) is 0 Å². The minimum absolute atomic E-state index is 0.336. The summed E-state index contributed by atoms with van der Waals surface area (Å²) in [5.41, 5.74) is 11.2. The van der Waals surface area contributed by atoms with E-state index in [1.165, 1.54) is 0 Å². The van der Waals surface area contributed by atoms with Crippen LogP contribution < -0.4 is 11.5 Å². The Labute approximate surface area is 69.8 Å². The van der Waals surface area contributed by atoms with Gasteiger partial charge in [0.25, 0.3) is 5.91 Å². The maximum absolute atomic E-state index is 10.7. The second-order valence-electron chi connectivity index (χ2n) is 2.14. The number of rotatable bonds is 1. The lowest BCUT2D eigenvalue weighted by atomic mass is 10.2. The molecule has 0 atom stereocenters. The van der Waals surface area contributed by atoms with Crippen molar-refractivity contribution in [3.8, 4) is 0 Å². The fourth-order valence-electron chi connectivity index (χ4n) is 0.775. The van der Waals surface area contributed by atoms with Crippen LogP contribution in [-0.2, 0) is 0 Å². The predicted molar refractivity (Wildman–Crippen MR) is 46.6 cm³/mol. The smallest absolute Gasteiger partial charge is 0.250 e. The van der Waals surface area contributed by atoms with Crippen LogP contribution in [0.4, 0.5) is 5.69 Å². The Kier molecular flexibility index (Phi) is 2.05. The van der Waals surface area contributed by atoms with Crippen molar-refractivity contribution in [3.63, 3.8) is 0 Å². The summed E-state index contributed by atoms with van der Waals surface area (Å²) in [7, 11) is 0. The quantitative estimate of drug-likeness (QED) is 0.426. The van der Waals surface area contributed by atoms with E-state index in [9.17, 15) is 4.79 Å². The average Bonchev–Trinajstić information content (AvgIpc) is 1.85. The van der Waals surface area contributed by atoms with Gasteiger partial charge >= 0.3 is 0 Å². The predicted octanol–water partition coefficient (Wildman–Crippen LogP) is 0.656. The highest BCUT2D eigenvalue weighted by molar-refractivity contribution is 7.80. The number of hydrogen-bond acceptors (Lipinski definition) is 3. The second kappa shape index (κ2) is 2.84. The maximum Gasteiger partial charge on any atom is 0.250 e. The van der Waals surface area contributed by atoms with E-state index in [0.29, 0.717) is 16.1 Å². The summed E-state index contributed by atoms with van der Waals surface area (Å²) in [5, 5.41) is 0. The zero-order valence-corrected chi connectivity index (χ0v) is 6.64. The molecule has 0 aliphatic heterocycles. The molecule has 3 nitrogen and oxygen atoms in total. The molecule has 0 aromatic heterocycles. The van der Waals surface area contributed by atoms with Gasteiger partial charge in [-0.15, -0.1) is 12.6 Å². The number of nitrogen functional groups attached to an aromatic ring is 1. The van der Waals surface area contributed by atoms with Crippen LogP contribution in [-0.4, -0.2) is 5.91 Å². The van der Waals surface area contributed by atoms with E-state index < -0.39 is 5.91 Å². The summed E-state index contributed by atoms with van der Waals surface area (Å²) < 4.78 is 0. The maximum atomic E-state index is 10.7. The molecule has 0 heterocycles. The number of primary amides is 1. The van der Waals surface area contributed by atoms with Crippen molar-refractivity contribution >= 4 is 24.2 Å². The Morgan fingerprint density at radius 2 is 2.09 bits per heavy atom. The van der Waals surface area contributed by atoms with Crippen LogP contribution in [0.5, 0.6) is 0 Å². The lowest BCUT2D eigenvalue weighted by molar-refractivity contribution is 0.100. The molecule has 0 bridgehead atoms. The second-order valence-corrected chi connectivity index (χ2v) is 2.65. The standard InChI is InChI=1S/C7H8N2OS/c8-6-3-4(11)1-2-5(6)7(9)10/h1-3,11H,8H2,(H2,9,10). The van der Waals surface area contributed by atoms with Gasteiger partial charge in [-0.25, -0.2) is 0 Å². The summed E-state index contributed by atoms with van der Waals surface area (Å²) in [6.07, 6.45) is 0. The number of thiol groups is 1.